The van der Waals surface area contributed by atoms with Gasteiger partial charge in [-0.2, -0.15) is 0 Å². The predicted octanol–water partition coefficient (Wildman–Crippen LogP) is 2.06. The molecule has 3 atom stereocenters. The van der Waals surface area contributed by atoms with Gasteiger partial charge in [0.2, 0.25) is 6.54 Å². The number of benzene rings is 1. The quantitative estimate of drug-likeness (QED) is 0.649. The summed E-state index contributed by atoms with van der Waals surface area (Å²) in [5, 5.41) is 15.6. The third-order valence-corrected chi connectivity index (χ3v) is 4.81. The summed E-state index contributed by atoms with van der Waals surface area (Å²) in [4.78, 5) is 13.9. The molecule has 1 aromatic heterocycles. The second kappa shape index (κ2) is 4.31. The van der Waals surface area contributed by atoms with Gasteiger partial charge >= 0.3 is 0 Å². The average molecular weight is 271 g/mol. The SMILES string of the molecule is O=[N+]([O-])CC1CN[C@@H]2Cc3c[nH]c4cccc(c34)[C@H]2C1. The molecule has 2 aromatic rings. The highest BCUT2D eigenvalue weighted by Crippen LogP contribution is 2.41. The van der Waals surface area contributed by atoms with Crippen LogP contribution in [0.25, 0.3) is 10.9 Å². The molecular formula is C15H17N3O2. The van der Waals surface area contributed by atoms with Crippen molar-refractivity contribution in [3.63, 3.8) is 0 Å². The summed E-state index contributed by atoms with van der Waals surface area (Å²) in [6.07, 6.45) is 4.05. The first-order valence-electron chi connectivity index (χ1n) is 7.16. The maximum Gasteiger partial charge on any atom is 0.207 e. The Morgan fingerprint density at radius 1 is 1.40 bits per heavy atom. The van der Waals surface area contributed by atoms with Crippen molar-refractivity contribution in [2.75, 3.05) is 13.1 Å². The van der Waals surface area contributed by atoms with E-state index in [1.165, 1.54) is 22.0 Å². The van der Waals surface area contributed by atoms with Gasteiger partial charge in [-0.15, -0.1) is 0 Å². The van der Waals surface area contributed by atoms with Crippen LogP contribution in [0.5, 0.6) is 0 Å². The molecule has 0 saturated carbocycles. The summed E-state index contributed by atoms with van der Waals surface area (Å²) in [5.74, 6) is 0.544. The zero-order valence-corrected chi connectivity index (χ0v) is 11.1. The third-order valence-electron chi connectivity index (χ3n) is 4.81. The summed E-state index contributed by atoms with van der Waals surface area (Å²) >= 11 is 0. The molecule has 5 heteroatoms. The molecule has 20 heavy (non-hydrogen) atoms. The molecule has 0 bridgehead atoms. The maximum atomic E-state index is 10.7. The van der Waals surface area contributed by atoms with E-state index in [4.69, 9.17) is 0 Å². The molecule has 0 spiro atoms. The number of H-pyrrole nitrogens is 1. The molecule has 2 aliphatic rings. The van der Waals surface area contributed by atoms with E-state index in [0.717, 1.165) is 19.4 Å². The van der Waals surface area contributed by atoms with Crippen molar-refractivity contribution < 1.29 is 4.92 Å². The molecular weight excluding hydrogens is 254 g/mol. The molecule has 1 fully saturated rings. The van der Waals surface area contributed by atoms with E-state index in [9.17, 15) is 10.1 Å². The normalized spacial score (nSPS) is 28.3. The lowest BCUT2D eigenvalue weighted by Gasteiger charge is -2.39. The number of nitrogens with zero attached hydrogens (tertiary/aromatic N) is 1. The molecule has 1 aliphatic heterocycles. The fourth-order valence-electron chi connectivity index (χ4n) is 3.97. The second-order valence-corrected chi connectivity index (χ2v) is 6.03. The molecule has 1 saturated heterocycles. The molecule has 1 aliphatic carbocycles. The van der Waals surface area contributed by atoms with E-state index in [2.05, 4.69) is 34.7 Å². The predicted molar refractivity (Wildman–Crippen MR) is 76.5 cm³/mol. The van der Waals surface area contributed by atoms with Crippen LogP contribution in [0.15, 0.2) is 24.4 Å². The van der Waals surface area contributed by atoms with E-state index in [1.807, 2.05) is 0 Å². The third kappa shape index (κ3) is 1.73. The number of fused-ring (bicyclic) bond motifs is 2. The number of hydrogen-bond acceptors (Lipinski definition) is 3. The minimum Gasteiger partial charge on any atom is -0.361 e. The van der Waals surface area contributed by atoms with Gasteiger partial charge in [-0.1, -0.05) is 12.1 Å². The van der Waals surface area contributed by atoms with Gasteiger partial charge in [0.05, 0.1) is 0 Å². The van der Waals surface area contributed by atoms with E-state index in [0.29, 0.717) is 12.0 Å². The molecule has 4 rings (SSSR count). The lowest BCUT2D eigenvalue weighted by molar-refractivity contribution is -0.488. The van der Waals surface area contributed by atoms with Gasteiger partial charge in [0.25, 0.3) is 0 Å². The first-order valence-corrected chi connectivity index (χ1v) is 7.16. The smallest absolute Gasteiger partial charge is 0.207 e. The van der Waals surface area contributed by atoms with Gasteiger partial charge in [0.1, 0.15) is 0 Å². The highest BCUT2D eigenvalue weighted by molar-refractivity contribution is 5.88. The molecule has 1 unspecified atom stereocenters. The van der Waals surface area contributed by atoms with Gasteiger partial charge in [-0.3, -0.25) is 10.1 Å². The van der Waals surface area contributed by atoms with Gasteiger partial charge in [0.15, 0.2) is 0 Å². The van der Waals surface area contributed by atoms with Crippen LogP contribution in [0, 0.1) is 16.0 Å². The van der Waals surface area contributed by atoms with Crippen molar-refractivity contribution >= 4 is 10.9 Å². The van der Waals surface area contributed by atoms with Crippen molar-refractivity contribution in [1.82, 2.24) is 10.3 Å². The molecule has 0 radical (unpaired) electrons. The van der Waals surface area contributed by atoms with Crippen molar-refractivity contribution in [2.45, 2.75) is 24.8 Å². The topological polar surface area (TPSA) is 71.0 Å². The van der Waals surface area contributed by atoms with Crippen LogP contribution >= 0.6 is 0 Å². The Labute approximate surface area is 116 Å². The maximum absolute atomic E-state index is 10.7. The van der Waals surface area contributed by atoms with Gasteiger partial charge < -0.3 is 10.3 Å². The summed E-state index contributed by atoms with van der Waals surface area (Å²) in [6.45, 7) is 0.837. The van der Waals surface area contributed by atoms with E-state index in [-0.39, 0.29) is 17.4 Å². The fourth-order valence-corrected chi connectivity index (χ4v) is 3.97. The van der Waals surface area contributed by atoms with Gasteiger partial charge in [-0.25, -0.2) is 0 Å². The summed E-state index contributed by atoms with van der Waals surface area (Å²) in [7, 11) is 0. The highest BCUT2D eigenvalue weighted by Gasteiger charge is 2.37. The summed E-state index contributed by atoms with van der Waals surface area (Å²) < 4.78 is 0. The average Bonchev–Trinajstić information content (AvgIpc) is 2.84. The number of aromatic nitrogens is 1. The van der Waals surface area contributed by atoms with Gasteiger partial charge in [0, 0.05) is 46.4 Å². The Kier molecular flexibility index (Phi) is 2.57. The van der Waals surface area contributed by atoms with Crippen LogP contribution in [0.1, 0.15) is 23.5 Å². The van der Waals surface area contributed by atoms with Crippen LogP contribution in [0.2, 0.25) is 0 Å². The molecule has 1 aromatic carbocycles. The highest BCUT2D eigenvalue weighted by atomic mass is 16.6. The Balaban J connectivity index is 1.73. The van der Waals surface area contributed by atoms with Crippen molar-refractivity contribution in [3.8, 4) is 0 Å². The van der Waals surface area contributed by atoms with E-state index >= 15 is 0 Å². The lowest BCUT2D eigenvalue weighted by atomic mass is 9.73. The summed E-state index contributed by atoms with van der Waals surface area (Å²) in [6, 6.07) is 6.80. The Morgan fingerprint density at radius 2 is 2.30 bits per heavy atom. The van der Waals surface area contributed by atoms with Crippen LogP contribution in [-0.4, -0.2) is 29.0 Å². The van der Waals surface area contributed by atoms with Crippen molar-refractivity contribution in [1.29, 1.82) is 0 Å². The fraction of sp³-hybridized carbons (Fsp3) is 0.467. The van der Waals surface area contributed by atoms with Crippen molar-refractivity contribution in [2.24, 2.45) is 5.92 Å². The first-order chi connectivity index (χ1) is 9.72. The minimum absolute atomic E-state index is 0.0756. The number of nitrogens with one attached hydrogen (secondary N) is 2. The molecule has 2 N–H and O–H groups in total. The Morgan fingerprint density at radius 3 is 3.15 bits per heavy atom. The van der Waals surface area contributed by atoms with Crippen LogP contribution < -0.4 is 5.32 Å². The minimum atomic E-state index is -0.183. The largest absolute Gasteiger partial charge is 0.361 e. The number of nitro groups is 1. The zero-order valence-electron chi connectivity index (χ0n) is 11.1. The monoisotopic (exact) mass is 271 g/mol. The summed E-state index contributed by atoms with van der Waals surface area (Å²) in [5.41, 5.74) is 3.92. The number of rotatable bonds is 2. The van der Waals surface area contributed by atoms with Crippen LogP contribution in [-0.2, 0) is 6.42 Å². The van der Waals surface area contributed by atoms with Crippen molar-refractivity contribution in [3.05, 3.63) is 45.6 Å². The van der Waals surface area contributed by atoms with E-state index in [1.54, 1.807) is 0 Å². The zero-order chi connectivity index (χ0) is 13.7. The number of piperidine rings is 1. The molecule has 104 valence electrons. The molecule has 0 amide bonds. The Bertz CT molecular complexity index is 679. The molecule has 5 nitrogen and oxygen atoms in total. The van der Waals surface area contributed by atoms with Crippen LogP contribution in [0.3, 0.4) is 0 Å². The lowest BCUT2D eigenvalue weighted by Crippen LogP contribution is -2.48. The van der Waals surface area contributed by atoms with E-state index < -0.39 is 0 Å². The number of hydrogen-bond donors (Lipinski definition) is 2. The van der Waals surface area contributed by atoms with Crippen LogP contribution in [0.4, 0.5) is 0 Å². The van der Waals surface area contributed by atoms with Gasteiger partial charge in [-0.05, 0) is 30.0 Å². The number of aromatic amines is 1. The Hall–Kier alpha value is -1.88. The first kappa shape index (κ1) is 11.9. The standard InChI is InChI=1S/C15H17N3O2/c19-18(20)8-9-4-12-11-2-1-3-13-15(11)10(7-17-13)5-14(12)16-6-9/h1-3,7,9,12,14,16-17H,4-6,8H2/t9?,12-,14-/m1/s1. The molecule has 2 heterocycles. The second-order valence-electron chi connectivity index (χ2n) is 6.03.